The molecule has 10 nitrogen and oxygen atoms in total. The van der Waals surface area contributed by atoms with Gasteiger partial charge in [-0.1, -0.05) is 29.8 Å². The Kier molecular flexibility index (Phi) is 8.23. The minimum atomic E-state index is -0.624. The van der Waals surface area contributed by atoms with Crippen LogP contribution in [-0.2, 0) is 19.6 Å². The van der Waals surface area contributed by atoms with Gasteiger partial charge in [0.25, 0.3) is 11.8 Å². The van der Waals surface area contributed by atoms with E-state index in [0.29, 0.717) is 43.4 Å². The Morgan fingerprint density at radius 3 is 2.55 bits per heavy atom. The van der Waals surface area contributed by atoms with E-state index < -0.39 is 11.9 Å². The molecule has 1 N–H and O–H groups in total. The quantitative estimate of drug-likeness (QED) is 0.215. The highest BCUT2D eigenvalue weighted by molar-refractivity contribution is 9.10. The zero-order chi connectivity index (χ0) is 32.8. The Bertz CT molecular complexity index is 2070. The number of benzene rings is 3. The summed E-state index contributed by atoms with van der Waals surface area (Å²) in [6, 6.07) is 20.1. The van der Waals surface area contributed by atoms with Gasteiger partial charge in [0.15, 0.2) is 0 Å². The molecule has 47 heavy (non-hydrogen) atoms. The van der Waals surface area contributed by atoms with Crippen LogP contribution in [0.5, 0.6) is 5.75 Å². The fourth-order valence-corrected chi connectivity index (χ4v) is 6.21. The molecule has 1 atom stereocenters. The first-order chi connectivity index (χ1) is 22.7. The van der Waals surface area contributed by atoms with Crippen molar-refractivity contribution in [3.05, 3.63) is 127 Å². The SMILES string of the molecule is C[C@@H]1Cn2c(c(C(=O)NCc3ccccc3-n3ccc(F)n3)n(-c3ccc(OC4CC4)cc3)c2=O)CN1C(=O)c1ccc(Br)c(Cl)c1. The number of hydrogen-bond donors (Lipinski definition) is 1. The van der Waals surface area contributed by atoms with Crippen LogP contribution in [0.1, 0.15) is 51.9 Å². The number of rotatable bonds is 8. The number of nitrogens with one attached hydrogen (secondary N) is 1. The highest BCUT2D eigenvalue weighted by Gasteiger charge is 2.35. The van der Waals surface area contributed by atoms with Crippen LogP contribution in [0.3, 0.4) is 0 Å². The van der Waals surface area contributed by atoms with Crippen molar-refractivity contribution in [3.8, 4) is 17.1 Å². The molecule has 0 saturated heterocycles. The molecule has 13 heteroatoms. The summed E-state index contributed by atoms with van der Waals surface area (Å²) in [5, 5.41) is 7.22. The number of ether oxygens (including phenoxy) is 1. The van der Waals surface area contributed by atoms with Crippen molar-refractivity contribution in [2.24, 2.45) is 0 Å². The van der Waals surface area contributed by atoms with E-state index in [4.69, 9.17) is 16.3 Å². The average Bonchev–Trinajstić information content (AvgIpc) is 3.71. The fourth-order valence-electron chi connectivity index (χ4n) is 5.79. The maximum atomic E-state index is 14.2. The zero-order valence-electron chi connectivity index (χ0n) is 25.2. The zero-order valence-corrected chi connectivity index (χ0v) is 27.5. The van der Waals surface area contributed by atoms with Gasteiger partial charge in [-0.3, -0.25) is 18.7 Å². The number of fused-ring (bicyclic) bond motifs is 1. The third-order valence-corrected chi connectivity index (χ3v) is 9.58. The predicted octanol–water partition coefficient (Wildman–Crippen LogP) is 5.90. The lowest BCUT2D eigenvalue weighted by atomic mass is 10.1. The maximum Gasteiger partial charge on any atom is 0.333 e. The summed E-state index contributed by atoms with van der Waals surface area (Å²) < 4.78 is 24.6. The number of carbonyl (C=O) groups excluding carboxylic acids is 2. The summed E-state index contributed by atoms with van der Waals surface area (Å²) in [5.74, 6) is -0.721. The van der Waals surface area contributed by atoms with Crippen molar-refractivity contribution in [1.29, 1.82) is 0 Å². The maximum absolute atomic E-state index is 14.2. The molecule has 3 heterocycles. The number of carbonyl (C=O) groups is 2. The lowest BCUT2D eigenvalue weighted by Gasteiger charge is -2.34. The lowest BCUT2D eigenvalue weighted by Crippen LogP contribution is -2.47. The largest absolute Gasteiger partial charge is 0.490 e. The molecule has 5 aromatic rings. The molecular weight excluding hydrogens is 691 g/mol. The van der Waals surface area contributed by atoms with Crippen LogP contribution in [0.25, 0.3) is 11.4 Å². The molecule has 0 bridgehead atoms. The number of halogens is 3. The molecule has 3 aromatic carbocycles. The molecule has 0 unspecified atom stereocenters. The van der Waals surface area contributed by atoms with Crippen molar-refractivity contribution in [3.63, 3.8) is 0 Å². The van der Waals surface area contributed by atoms with E-state index in [2.05, 4.69) is 26.3 Å². The van der Waals surface area contributed by atoms with Crippen molar-refractivity contribution in [2.45, 2.75) is 51.5 Å². The van der Waals surface area contributed by atoms with E-state index in [1.807, 2.05) is 19.1 Å². The van der Waals surface area contributed by atoms with Gasteiger partial charge in [-0.05, 0) is 89.8 Å². The molecule has 1 saturated carbocycles. The number of nitrogens with zero attached hydrogens (tertiary/aromatic N) is 5. The summed E-state index contributed by atoms with van der Waals surface area (Å²) in [4.78, 5) is 43.6. The number of aromatic nitrogens is 4. The standard InChI is InChI=1S/C34H29BrClFN6O4/c1-20-18-41-29(19-40(20)33(45)21-6-13-26(35)27(36)16-21)31(43(34(41)46)23-7-9-24(10-8-23)47-25-11-12-25)32(44)38-17-22-4-2-3-5-28(22)42-15-14-30(37)39-42/h2-10,13-16,20,25H,11-12,17-19H2,1H3,(H,38,44)/t20-/m1/s1. The first-order valence-corrected chi connectivity index (χ1v) is 16.3. The predicted molar refractivity (Wildman–Crippen MR) is 177 cm³/mol. The third-order valence-electron chi connectivity index (χ3n) is 8.34. The van der Waals surface area contributed by atoms with E-state index in [0.717, 1.165) is 12.8 Å². The summed E-state index contributed by atoms with van der Waals surface area (Å²) in [5.41, 5.74) is 2.30. The second-order valence-electron chi connectivity index (χ2n) is 11.6. The highest BCUT2D eigenvalue weighted by Crippen LogP contribution is 2.30. The normalized spacial score (nSPS) is 15.7. The van der Waals surface area contributed by atoms with Gasteiger partial charge in [-0.25, -0.2) is 9.48 Å². The third kappa shape index (κ3) is 6.10. The Labute approximate surface area is 282 Å². The fraction of sp³-hybridized carbons (Fsp3) is 0.235. The monoisotopic (exact) mass is 718 g/mol. The van der Waals surface area contributed by atoms with E-state index in [9.17, 15) is 18.8 Å². The van der Waals surface area contributed by atoms with Gasteiger partial charge in [-0.15, -0.1) is 5.10 Å². The molecule has 240 valence electrons. The number of hydrogen-bond acceptors (Lipinski definition) is 5. The molecule has 1 aliphatic heterocycles. The second kappa shape index (κ2) is 12.5. The minimum Gasteiger partial charge on any atom is -0.490 e. The van der Waals surface area contributed by atoms with Crippen LogP contribution in [0, 0.1) is 5.95 Å². The number of amides is 2. The van der Waals surface area contributed by atoms with Crippen LogP contribution < -0.4 is 15.7 Å². The topological polar surface area (TPSA) is 103 Å². The smallest absolute Gasteiger partial charge is 0.333 e. The van der Waals surface area contributed by atoms with Gasteiger partial charge in [-0.2, -0.15) is 4.39 Å². The lowest BCUT2D eigenvalue weighted by molar-refractivity contribution is 0.0610. The summed E-state index contributed by atoms with van der Waals surface area (Å²) >= 11 is 9.66. The molecule has 0 radical (unpaired) electrons. The van der Waals surface area contributed by atoms with Gasteiger partial charge in [0.1, 0.15) is 11.4 Å². The molecule has 2 amide bonds. The average molecular weight is 720 g/mol. The molecule has 1 aliphatic carbocycles. The van der Waals surface area contributed by atoms with Crippen LogP contribution >= 0.6 is 27.5 Å². The van der Waals surface area contributed by atoms with E-state index in [-0.39, 0.29) is 49.1 Å². The molecule has 2 aliphatic rings. The Hall–Kier alpha value is -4.68. The molecule has 7 rings (SSSR count). The molecule has 0 spiro atoms. The van der Waals surface area contributed by atoms with Gasteiger partial charge < -0.3 is 15.0 Å². The van der Waals surface area contributed by atoms with Crippen LogP contribution in [0.15, 0.2) is 88.3 Å². The highest BCUT2D eigenvalue weighted by atomic mass is 79.9. The van der Waals surface area contributed by atoms with Crippen LogP contribution in [0.4, 0.5) is 4.39 Å². The van der Waals surface area contributed by atoms with Crippen molar-refractivity contribution in [1.82, 2.24) is 29.1 Å². The first-order valence-electron chi connectivity index (χ1n) is 15.1. The van der Waals surface area contributed by atoms with Crippen LogP contribution in [0.2, 0.25) is 5.02 Å². The Balaban J connectivity index is 1.26. The Morgan fingerprint density at radius 1 is 1.09 bits per heavy atom. The number of imidazole rings is 1. The first kappa shape index (κ1) is 30.9. The van der Waals surface area contributed by atoms with Crippen molar-refractivity contribution in [2.75, 3.05) is 0 Å². The van der Waals surface area contributed by atoms with Gasteiger partial charge in [0.2, 0.25) is 5.95 Å². The Morgan fingerprint density at radius 2 is 1.85 bits per heavy atom. The van der Waals surface area contributed by atoms with E-state index in [1.54, 1.807) is 64.1 Å². The molecular formula is C34H29BrClFN6O4. The van der Waals surface area contributed by atoms with Crippen molar-refractivity contribution >= 4 is 39.3 Å². The minimum absolute atomic E-state index is 0.0186. The van der Waals surface area contributed by atoms with Crippen LogP contribution in [-0.4, -0.2) is 47.8 Å². The summed E-state index contributed by atoms with van der Waals surface area (Å²) in [7, 11) is 0. The van der Waals surface area contributed by atoms with Gasteiger partial charge >= 0.3 is 5.69 Å². The van der Waals surface area contributed by atoms with Gasteiger partial charge in [0.05, 0.1) is 34.7 Å². The summed E-state index contributed by atoms with van der Waals surface area (Å²) in [6.45, 7) is 2.14. The van der Waals surface area contributed by atoms with Crippen molar-refractivity contribution < 1.29 is 18.7 Å². The van der Waals surface area contributed by atoms with Gasteiger partial charge in [0, 0.05) is 41.4 Å². The molecule has 2 aromatic heterocycles. The molecule has 1 fully saturated rings. The van der Waals surface area contributed by atoms with E-state index >= 15 is 0 Å². The second-order valence-corrected chi connectivity index (χ2v) is 12.9. The summed E-state index contributed by atoms with van der Waals surface area (Å²) in [6.07, 6.45) is 3.73. The number of para-hydroxylation sites is 1. The van der Waals surface area contributed by atoms with E-state index in [1.165, 1.54) is 21.5 Å².